The van der Waals surface area contributed by atoms with E-state index in [2.05, 4.69) is 4.74 Å². The number of esters is 1. The molecule has 110 valence electrons. The Morgan fingerprint density at radius 3 is 2.60 bits per heavy atom. The van der Waals surface area contributed by atoms with Crippen molar-refractivity contribution < 1.29 is 19.4 Å². The summed E-state index contributed by atoms with van der Waals surface area (Å²) in [5.74, 6) is -1.60. The smallest absolute Gasteiger partial charge is 0.307 e. The normalized spacial score (nSPS) is 11.9. The average molecular weight is 337 g/mol. The van der Waals surface area contributed by atoms with Gasteiger partial charge in [-0.05, 0) is 24.6 Å². The number of methoxy groups -OCH3 is 1. The van der Waals surface area contributed by atoms with Crippen LogP contribution in [0.3, 0.4) is 0 Å². The number of carboxylic acid groups (broad SMARTS) is 1. The van der Waals surface area contributed by atoms with Gasteiger partial charge in [0.2, 0.25) is 0 Å². The molecule has 0 aliphatic rings. The Labute approximate surface area is 131 Å². The van der Waals surface area contributed by atoms with Crippen LogP contribution in [0.15, 0.2) is 23.1 Å². The zero-order valence-corrected chi connectivity index (χ0v) is 13.1. The minimum atomic E-state index is -0.929. The molecule has 1 unspecified atom stereocenters. The molecule has 1 N–H and O–H groups in total. The molecule has 0 spiro atoms. The Kier molecular flexibility index (Phi) is 7.19. The summed E-state index contributed by atoms with van der Waals surface area (Å²) in [7, 11) is 1.28. The first-order valence-electron chi connectivity index (χ1n) is 5.81. The second-order valence-corrected chi connectivity index (χ2v) is 5.94. The van der Waals surface area contributed by atoms with Gasteiger partial charge >= 0.3 is 11.9 Å². The number of carbonyl (C=O) groups excluding carboxylic acids is 1. The first kappa shape index (κ1) is 17.1. The average Bonchev–Trinajstić information content (AvgIpc) is 2.41. The second-order valence-electron chi connectivity index (χ2n) is 4.04. The van der Waals surface area contributed by atoms with Crippen LogP contribution in [0.25, 0.3) is 0 Å². The highest BCUT2D eigenvalue weighted by molar-refractivity contribution is 7.99. The third kappa shape index (κ3) is 5.61. The molecule has 20 heavy (non-hydrogen) atoms. The van der Waals surface area contributed by atoms with E-state index in [1.165, 1.54) is 18.9 Å². The molecule has 0 amide bonds. The number of hydrogen-bond donors (Lipinski definition) is 1. The van der Waals surface area contributed by atoms with Crippen molar-refractivity contribution in [3.05, 3.63) is 28.2 Å². The van der Waals surface area contributed by atoms with E-state index in [0.717, 1.165) is 4.90 Å². The van der Waals surface area contributed by atoms with Gasteiger partial charge in [-0.2, -0.15) is 0 Å². The molecule has 0 bridgehead atoms. The van der Waals surface area contributed by atoms with E-state index in [1.54, 1.807) is 18.2 Å². The lowest BCUT2D eigenvalue weighted by molar-refractivity contribution is -0.143. The molecule has 0 radical (unpaired) electrons. The van der Waals surface area contributed by atoms with Gasteiger partial charge in [-0.15, -0.1) is 11.8 Å². The fourth-order valence-electron chi connectivity index (χ4n) is 1.44. The van der Waals surface area contributed by atoms with Gasteiger partial charge in [0.05, 0.1) is 23.1 Å². The summed E-state index contributed by atoms with van der Waals surface area (Å²) in [4.78, 5) is 23.0. The van der Waals surface area contributed by atoms with E-state index in [0.29, 0.717) is 15.8 Å². The first-order chi connectivity index (χ1) is 9.43. The zero-order chi connectivity index (χ0) is 15.1. The van der Waals surface area contributed by atoms with Crippen molar-refractivity contribution >= 4 is 46.9 Å². The lowest BCUT2D eigenvalue weighted by Gasteiger charge is -2.11. The van der Waals surface area contributed by atoms with Gasteiger partial charge in [-0.3, -0.25) is 9.59 Å². The van der Waals surface area contributed by atoms with E-state index in [4.69, 9.17) is 28.3 Å². The van der Waals surface area contributed by atoms with E-state index in [9.17, 15) is 9.59 Å². The van der Waals surface area contributed by atoms with E-state index in [1.807, 2.05) is 0 Å². The molecular weight excluding hydrogens is 323 g/mol. The maximum Gasteiger partial charge on any atom is 0.307 e. The predicted molar refractivity (Wildman–Crippen MR) is 79.6 cm³/mol. The summed E-state index contributed by atoms with van der Waals surface area (Å²) in [6.07, 6.45) is 0.339. The quantitative estimate of drug-likeness (QED) is 0.607. The lowest BCUT2D eigenvalue weighted by atomic mass is 10.1. The molecule has 1 rings (SSSR count). The van der Waals surface area contributed by atoms with Crippen LogP contribution in [0.2, 0.25) is 10.0 Å². The monoisotopic (exact) mass is 336 g/mol. The van der Waals surface area contributed by atoms with Gasteiger partial charge in [0.1, 0.15) is 0 Å². The number of carboxylic acids is 1. The number of benzene rings is 1. The number of halogens is 2. The van der Waals surface area contributed by atoms with Crippen molar-refractivity contribution in [1.29, 1.82) is 0 Å². The number of ether oxygens (including phenoxy) is 1. The second kappa shape index (κ2) is 8.39. The molecule has 0 fully saturated rings. The van der Waals surface area contributed by atoms with Crippen LogP contribution in [-0.2, 0) is 14.3 Å². The Bertz CT molecular complexity index is 493. The molecule has 0 saturated carbocycles. The highest BCUT2D eigenvalue weighted by atomic mass is 35.5. The van der Waals surface area contributed by atoms with Gasteiger partial charge in [0, 0.05) is 17.1 Å². The number of aliphatic carboxylic acids is 1. The zero-order valence-electron chi connectivity index (χ0n) is 10.8. The highest BCUT2D eigenvalue weighted by Gasteiger charge is 2.19. The maximum absolute atomic E-state index is 11.1. The molecule has 0 heterocycles. The Balaban J connectivity index is 2.55. The van der Waals surface area contributed by atoms with Crippen LogP contribution in [0, 0.1) is 5.92 Å². The minimum absolute atomic E-state index is 0.0927. The number of rotatable bonds is 7. The third-order valence-electron chi connectivity index (χ3n) is 2.62. The van der Waals surface area contributed by atoms with Gasteiger partial charge in [-0.25, -0.2) is 0 Å². The van der Waals surface area contributed by atoms with Crippen molar-refractivity contribution in [3.63, 3.8) is 0 Å². The van der Waals surface area contributed by atoms with Gasteiger partial charge < -0.3 is 9.84 Å². The van der Waals surface area contributed by atoms with Crippen molar-refractivity contribution in [3.8, 4) is 0 Å². The van der Waals surface area contributed by atoms with E-state index < -0.39 is 17.9 Å². The largest absolute Gasteiger partial charge is 0.481 e. The van der Waals surface area contributed by atoms with Crippen LogP contribution >= 0.6 is 35.0 Å². The third-order valence-corrected chi connectivity index (χ3v) is 4.51. The maximum atomic E-state index is 11.1. The standard InChI is InChI=1S/C13H14Cl2O4S/c1-19-12(16)5-2-8(13(17)18)7-20-9-3-4-10(14)11(15)6-9/h3-4,6,8H,2,5,7H2,1H3,(H,17,18). The fourth-order valence-corrected chi connectivity index (χ4v) is 2.87. The molecule has 0 aromatic heterocycles. The molecular formula is C13H14Cl2O4S. The molecule has 0 saturated heterocycles. The van der Waals surface area contributed by atoms with Crippen molar-refractivity contribution in [2.45, 2.75) is 17.7 Å². The van der Waals surface area contributed by atoms with Crippen LogP contribution in [0.1, 0.15) is 12.8 Å². The molecule has 1 aromatic carbocycles. The minimum Gasteiger partial charge on any atom is -0.481 e. The molecule has 7 heteroatoms. The first-order valence-corrected chi connectivity index (χ1v) is 7.55. The van der Waals surface area contributed by atoms with Crippen molar-refractivity contribution in [1.82, 2.24) is 0 Å². The lowest BCUT2D eigenvalue weighted by Crippen LogP contribution is -2.18. The summed E-state index contributed by atoms with van der Waals surface area (Å²) in [6.45, 7) is 0. The topological polar surface area (TPSA) is 63.6 Å². The van der Waals surface area contributed by atoms with Gasteiger partial charge in [-0.1, -0.05) is 23.2 Å². The van der Waals surface area contributed by atoms with Crippen LogP contribution in [-0.4, -0.2) is 29.9 Å². The number of hydrogen-bond acceptors (Lipinski definition) is 4. The predicted octanol–water partition coefficient (Wildman–Crippen LogP) is 3.74. The summed E-state index contributed by atoms with van der Waals surface area (Å²) < 4.78 is 4.50. The number of thioether (sulfide) groups is 1. The Hall–Kier alpha value is -0.910. The SMILES string of the molecule is COC(=O)CCC(CSc1ccc(Cl)c(Cl)c1)C(=O)O. The Morgan fingerprint density at radius 2 is 2.05 bits per heavy atom. The van der Waals surface area contributed by atoms with Crippen molar-refractivity contribution in [2.75, 3.05) is 12.9 Å². The summed E-state index contributed by atoms with van der Waals surface area (Å²) in [5.41, 5.74) is 0. The van der Waals surface area contributed by atoms with Gasteiger partial charge in [0.15, 0.2) is 0 Å². The van der Waals surface area contributed by atoms with Crippen LogP contribution < -0.4 is 0 Å². The summed E-state index contributed by atoms with van der Waals surface area (Å²) in [6, 6.07) is 5.13. The van der Waals surface area contributed by atoms with Gasteiger partial charge in [0.25, 0.3) is 0 Å². The summed E-state index contributed by atoms with van der Waals surface area (Å²) >= 11 is 13.1. The molecule has 4 nitrogen and oxygen atoms in total. The van der Waals surface area contributed by atoms with Crippen LogP contribution in [0.5, 0.6) is 0 Å². The molecule has 0 aliphatic heterocycles. The molecule has 0 aliphatic carbocycles. The van der Waals surface area contributed by atoms with Crippen LogP contribution in [0.4, 0.5) is 0 Å². The fraction of sp³-hybridized carbons (Fsp3) is 0.385. The molecule has 1 aromatic rings. The highest BCUT2D eigenvalue weighted by Crippen LogP contribution is 2.29. The van der Waals surface area contributed by atoms with E-state index >= 15 is 0 Å². The Morgan fingerprint density at radius 1 is 1.35 bits per heavy atom. The number of carbonyl (C=O) groups is 2. The summed E-state index contributed by atoms with van der Waals surface area (Å²) in [5, 5.41) is 10.0. The molecule has 1 atom stereocenters. The van der Waals surface area contributed by atoms with Crippen molar-refractivity contribution in [2.24, 2.45) is 5.92 Å². The van der Waals surface area contributed by atoms with E-state index in [-0.39, 0.29) is 12.8 Å².